The number of carboxylic acids is 2. The lowest BCUT2D eigenvalue weighted by molar-refractivity contribution is -0.192. The molecule has 0 bridgehead atoms. The lowest BCUT2D eigenvalue weighted by Crippen LogP contribution is -2.48. The first kappa shape index (κ1) is 35.7. The van der Waals surface area contributed by atoms with Gasteiger partial charge in [0, 0.05) is 18.0 Å². The van der Waals surface area contributed by atoms with E-state index >= 15 is 0 Å². The third-order valence-corrected chi connectivity index (χ3v) is 8.61. The van der Waals surface area contributed by atoms with Crippen LogP contribution in [0.4, 0.5) is 13.2 Å². The molecule has 0 radical (unpaired) electrons. The molecule has 12 nitrogen and oxygen atoms in total. The molecule has 0 aliphatic carbocycles. The van der Waals surface area contributed by atoms with Gasteiger partial charge < -0.3 is 26.6 Å². The molecule has 44 heavy (non-hydrogen) atoms. The molecule has 0 aliphatic heterocycles. The van der Waals surface area contributed by atoms with Crippen molar-refractivity contribution in [2.24, 2.45) is 5.73 Å². The molecule has 0 saturated carbocycles. The maximum atomic E-state index is 13.0. The zero-order valence-corrected chi connectivity index (χ0v) is 25.2. The number of amides is 1. The second-order valence-electron chi connectivity index (χ2n) is 9.38. The molecule has 17 heteroatoms. The number of nitrogens with two attached hydrogens (primary N) is 1. The predicted molar refractivity (Wildman–Crippen MR) is 157 cm³/mol. The summed E-state index contributed by atoms with van der Waals surface area (Å²) >= 11 is 1.22. The fourth-order valence-corrected chi connectivity index (χ4v) is 6.51. The van der Waals surface area contributed by atoms with Gasteiger partial charge in [-0.15, -0.1) is 11.3 Å². The number of benzene rings is 2. The number of aliphatic carboxylic acids is 2. The van der Waals surface area contributed by atoms with Crippen LogP contribution < -0.4 is 21.1 Å². The largest absolute Gasteiger partial charge is 0.490 e. The molecule has 0 fully saturated rings. The fourth-order valence-electron chi connectivity index (χ4n) is 3.95. The molecule has 1 aromatic heterocycles. The first-order chi connectivity index (χ1) is 20.3. The van der Waals surface area contributed by atoms with Crippen molar-refractivity contribution in [3.63, 3.8) is 0 Å². The first-order valence-corrected chi connectivity index (χ1v) is 14.8. The number of guanidine groups is 1. The van der Waals surface area contributed by atoms with E-state index in [0.717, 1.165) is 21.6 Å². The van der Waals surface area contributed by atoms with Gasteiger partial charge in [0.1, 0.15) is 6.04 Å². The maximum absolute atomic E-state index is 13.0. The van der Waals surface area contributed by atoms with Gasteiger partial charge in [-0.1, -0.05) is 35.9 Å². The van der Waals surface area contributed by atoms with E-state index in [9.17, 15) is 36.3 Å². The Labute approximate surface area is 254 Å². The van der Waals surface area contributed by atoms with Crippen molar-refractivity contribution in [1.29, 1.82) is 5.41 Å². The normalized spacial score (nSPS) is 12.0. The summed E-state index contributed by atoms with van der Waals surface area (Å²) in [4.78, 5) is 34.6. The van der Waals surface area contributed by atoms with Crippen LogP contribution in [0.5, 0.6) is 0 Å². The van der Waals surface area contributed by atoms with Crippen molar-refractivity contribution in [2.75, 3.05) is 6.54 Å². The zero-order valence-electron chi connectivity index (χ0n) is 23.6. The molecule has 0 aliphatic rings. The Balaban J connectivity index is 0.000000860. The predicted octanol–water partition coefficient (Wildman–Crippen LogP) is 3.12. The van der Waals surface area contributed by atoms with E-state index in [0.29, 0.717) is 22.5 Å². The molecule has 238 valence electrons. The Kier molecular flexibility index (Phi) is 12.0. The number of rotatable bonds is 10. The van der Waals surface area contributed by atoms with Crippen LogP contribution in [0.25, 0.3) is 10.4 Å². The summed E-state index contributed by atoms with van der Waals surface area (Å²) in [5.41, 5.74) is 9.01. The average Bonchev–Trinajstić information content (AvgIpc) is 3.39. The Bertz CT molecular complexity index is 1630. The lowest BCUT2D eigenvalue weighted by Gasteiger charge is -2.18. The second-order valence-corrected chi connectivity index (χ2v) is 12.1. The van der Waals surface area contributed by atoms with E-state index in [1.54, 1.807) is 38.1 Å². The number of carbonyl (C=O) groups excluding carboxylic acids is 1. The molecule has 1 amide bonds. The monoisotopic (exact) mass is 657 g/mol. The molecular weight excluding hydrogens is 627 g/mol. The van der Waals surface area contributed by atoms with E-state index in [-0.39, 0.29) is 10.9 Å². The van der Waals surface area contributed by atoms with Gasteiger partial charge in [0.2, 0.25) is 10.0 Å². The summed E-state index contributed by atoms with van der Waals surface area (Å²) in [5, 5.41) is 29.3. The molecule has 3 aromatic rings. The topological polar surface area (TPSA) is 212 Å². The SMILES string of the molecule is Cc1cc(C)c(S(=O)(=O)NC(CNC(=O)c2ccc(-c3cccc(CNC(=N)N)c3)s2)C(=O)O)c(C)c1.O=C(O)C(F)(F)F. The van der Waals surface area contributed by atoms with Crippen molar-refractivity contribution in [3.05, 3.63) is 75.7 Å². The van der Waals surface area contributed by atoms with Gasteiger partial charge >= 0.3 is 18.1 Å². The number of halogens is 3. The molecule has 3 rings (SSSR count). The highest BCUT2D eigenvalue weighted by Crippen LogP contribution is 2.29. The Morgan fingerprint density at radius 1 is 1.00 bits per heavy atom. The van der Waals surface area contributed by atoms with Gasteiger partial charge in [0.15, 0.2) is 5.96 Å². The Morgan fingerprint density at radius 3 is 2.11 bits per heavy atom. The summed E-state index contributed by atoms with van der Waals surface area (Å²) in [6, 6.07) is 12.8. The van der Waals surface area contributed by atoms with Crippen molar-refractivity contribution >= 4 is 45.2 Å². The maximum Gasteiger partial charge on any atom is 0.490 e. The van der Waals surface area contributed by atoms with Crippen LogP contribution in [-0.4, -0.2) is 61.2 Å². The van der Waals surface area contributed by atoms with Gasteiger partial charge in [0.05, 0.1) is 9.77 Å². The van der Waals surface area contributed by atoms with Crippen molar-refractivity contribution in [3.8, 4) is 10.4 Å². The number of thiophene rings is 1. The number of sulfonamides is 1. The lowest BCUT2D eigenvalue weighted by atomic mass is 10.1. The van der Waals surface area contributed by atoms with Gasteiger partial charge in [0.25, 0.3) is 5.91 Å². The van der Waals surface area contributed by atoms with E-state index in [2.05, 4.69) is 15.4 Å². The minimum Gasteiger partial charge on any atom is -0.480 e. The standard InChI is InChI=1S/C25H29N5O5S2.C2HF3O2/c1-14-9-15(2)22(16(3)10-14)37(34,35)30-19(24(32)33)13-28-23(31)21-8-7-20(36-21)18-6-4-5-17(11-18)12-29-25(26)27;3-2(4,5)1(6)7/h4-11,19,30H,12-13H2,1-3H3,(H,28,31)(H,32,33)(H4,26,27,29);(H,6,7). The van der Waals surface area contributed by atoms with Crippen LogP contribution in [0.15, 0.2) is 53.4 Å². The summed E-state index contributed by atoms with van der Waals surface area (Å²) in [5.74, 6) is -4.81. The third-order valence-electron chi connectivity index (χ3n) is 5.70. The van der Waals surface area contributed by atoms with Crippen LogP contribution in [-0.2, 0) is 26.2 Å². The van der Waals surface area contributed by atoms with Gasteiger partial charge in [-0.05, 0) is 61.2 Å². The van der Waals surface area contributed by atoms with E-state index in [4.69, 9.17) is 21.0 Å². The minimum atomic E-state index is -5.08. The number of alkyl halides is 3. The number of carbonyl (C=O) groups is 3. The first-order valence-electron chi connectivity index (χ1n) is 12.5. The number of hydrogen-bond donors (Lipinski definition) is 7. The minimum absolute atomic E-state index is 0.0271. The number of carboxylic acid groups (broad SMARTS) is 2. The molecule has 8 N–H and O–H groups in total. The van der Waals surface area contributed by atoms with Crippen LogP contribution in [0.2, 0.25) is 0 Å². The highest BCUT2D eigenvalue weighted by molar-refractivity contribution is 7.89. The summed E-state index contributed by atoms with van der Waals surface area (Å²) < 4.78 is 59.9. The highest BCUT2D eigenvalue weighted by atomic mass is 32.2. The molecular formula is C27H30F3N5O7S2. The smallest absolute Gasteiger partial charge is 0.480 e. The summed E-state index contributed by atoms with van der Waals surface area (Å²) in [6.07, 6.45) is -5.08. The van der Waals surface area contributed by atoms with Gasteiger partial charge in [-0.25, -0.2) is 13.2 Å². The van der Waals surface area contributed by atoms with Gasteiger partial charge in [-0.2, -0.15) is 17.9 Å². The van der Waals surface area contributed by atoms with Crippen molar-refractivity contribution in [1.82, 2.24) is 15.4 Å². The summed E-state index contributed by atoms with van der Waals surface area (Å²) in [6.45, 7) is 5.09. The Morgan fingerprint density at radius 2 is 1.59 bits per heavy atom. The number of hydrogen-bond acceptors (Lipinski definition) is 7. The summed E-state index contributed by atoms with van der Waals surface area (Å²) in [7, 11) is -4.15. The number of nitrogens with one attached hydrogen (secondary N) is 4. The van der Waals surface area contributed by atoms with Gasteiger partial charge in [-0.3, -0.25) is 15.0 Å². The van der Waals surface area contributed by atoms with Crippen molar-refractivity contribution in [2.45, 2.75) is 44.4 Å². The molecule has 1 unspecified atom stereocenters. The second kappa shape index (κ2) is 14.8. The van der Waals surface area contributed by atoms with Crippen LogP contribution in [0.3, 0.4) is 0 Å². The molecule has 0 saturated heterocycles. The zero-order chi connectivity index (χ0) is 33.4. The Hall–Kier alpha value is -4.48. The molecule has 0 spiro atoms. The average molecular weight is 658 g/mol. The van der Waals surface area contributed by atoms with Crippen LogP contribution >= 0.6 is 11.3 Å². The van der Waals surface area contributed by atoms with E-state index < -0.39 is 46.6 Å². The van der Waals surface area contributed by atoms with E-state index in [1.807, 2.05) is 31.2 Å². The number of aryl methyl sites for hydroxylation is 3. The molecule has 2 aromatic carbocycles. The van der Waals surface area contributed by atoms with E-state index in [1.165, 1.54) is 11.3 Å². The van der Waals surface area contributed by atoms with Crippen molar-refractivity contribution < 1.29 is 46.2 Å². The third kappa shape index (κ3) is 10.4. The highest BCUT2D eigenvalue weighted by Gasteiger charge is 2.38. The quantitative estimate of drug-likeness (QED) is 0.126. The van der Waals surface area contributed by atoms with Crippen LogP contribution in [0.1, 0.15) is 31.9 Å². The fraction of sp³-hybridized carbons (Fsp3) is 0.259. The molecule has 1 heterocycles. The molecule has 1 atom stereocenters. The van der Waals surface area contributed by atoms with Crippen LogP contribution in [0, 0.1) is 26.2 Å².